The number of hydrogen-bond donors (Lipinski definition) is 5. The van der Waals surface area contributed by atoms with Crippen LogP contribution in [0.4, 0.5) is 0 Å². The fourth-order valence-corrected chi connectivity index (χ4v) is 7.43. The molecule has 0 saturated carbocycles. The number of aliphatic hydroxyl groups excluding tert-OH is 4. The van der Waals surface area contributed by atoms with Crippen LogP contribution >= 0.6 is 0 Å². The molecule has 32 heavy (non-hydrogen) atoms. The van der Waals surface area contributed by atoms with Gasteiger partial charge in [0.15, 0.2) is 0 Å². The minimum absolute atomic E-state index is 0.326. The Morgan fingerprint density at radius 1 is 0.781 bits per heavy atom. The van der Waals surface area contributed by atoms with Gasteiger partial charge in [0.2, 0.25) is 0 Å². The largest absolute Gasteiger partial charge is 0.396 e. The zero-order valence-corrected chi connectivity index (χ0v) is 23.4. The predicted molar refractivity (Wildman–Crippen MR) is 131 cm³/mol. The minimum atomic E-state index is -1.99. The van der Waals surface area contributed by atoms with Crippen molar-refractivity contribution in [2.45, 2.75) is 99.8 Å². The number of allylic oxidation sites excluding steroid dienone is 1. The molecule has 0 aliphatic heterocycles. The van der Waals surface area contributed by atoms with Gasteiger partial charge in [0.25, 0.3) is 0 Å². The third-order valence-corrected chi connectivity index (χ3v) is 10.2. The van der Waals surface area contributed by atoms with Crippen LogP contribution < -0.4 is 0 Å². The molecule has 5 N–H and O–H groups in total. The van der Waals surface area contributed by atoms with Gasteiger partial charge in [-0.2, -0.15) is 0 Å². The normalized spacial score (nSPS) is 10.4. The van der Waals surface area contributed by atoms with Crippen LogP contribution in [0, 0.1) is 5.41 Å². The molecule has 7 nitrogen and oxygen atoms in total. The summed E-state index contributed by atoms with van der Waals surface area (Å²) in [6.45, 7) is 6.36. The molecule has 0 aromatic carbocycles. The number of aliphatic carboxylic acids is 1. The van der Waals surface area contributed by atoms with E-state index in [1.807, 2.05) is 6.08 Å². The van der Waals surface area contributed by atoms with Crippen LogP contribution in [0.5, 0.6) is 0 Å². The summed E-state index contributed by atoms with van der Waals surface area (Å²) in [5.74, 6) is -0.674. The van der Waals surface area contributed by atoms with Gasteiger partial charge in [-0.3, -0.25) is 4.79 Å². The van der Waals surface area contributed by atoms with Crippen LogP contribution in [0.3, 0.4) is 0 Å². The number of rotatable bonds is 19. The summed E-state index contributed by atoms with van der Waals surface area (Å²) < 4.78 is 13.4. The molecule has 0 aromatic rings. The number of hydrogen-bond acceptors (Lipinski definition) is 6. The summed E-state index contributed by atoms with van der Waals surface area (Å²) >= 11 is -1.99. The fourth-order valence-electron chi connectivity index (χ4n) is 2.44. The van der Waals surface area contributed by atoms with Gasteiger partial charge in [-0.1, -0.05) is 31.8 Å². The second-order valence-electron chi connectivity index (χ2n) is 8.22. The summed E-state index contributed by atoms with van der Waals surface area (Å²) in [4.78, 5) is 10.2. The Hall–Kier alpha value is -0.351. The van der Waals surface area contributed by atoms with Crippen LogP contribution in [0.1, 0.15) is 90.9 Å². The molecule has 0 aliphatic rings. The first kappa shape index (κ1) is 36.2. The van der Waals surface area contributed by atoms with E-state index in [1.165, 1.54) is 51.4 Å². The molecule has 0 unspecified atom stereocenters. The number of aliphatic hydroxyl groups is 4. The standard InChI is InChI=1S/C11H20O2.C5H12O4.2C4H9.O.Sn/c1-2-3-4-5-6-7-8-9-10-11(12)13;6-1-5(2-7,3-8)4-9;2*1-3-4-2;;/h2H,1,3-10H2,(H,12,13);6-9H,1-4H2;2*1,3-4H2,2H3;;. The van der Waals surface area contributed by atoms with E-state index in [0.717, 1.165) is 28.1 Å². The van der Waals surface area contributed by atoms with Crippen molar-refractivity contribution in [3.8, 4) is 0 Å². The minimum Gasteiger partial charge on any atom is -0.396 e. The maximum Gasteiger partial charge on any atom is 0.0627 e. The van der Waals surface area contributed by atoms with Gasteiger partial charge < -0.3 is 25.5 Å². The first-order valence-electron chi connectivity index (χ1n) is 12.1. The molecule has 192 valence electrons. The molecule has 0 bridgehead atoms. The summed E-state index contributed by atoms with van der Waals surface area (Å²) in [5, 5.41) is 42.4. The van der Waals surface area contributed by atoms with Crippen LogP contribution in [0.2, 0.25) is 8.87 Å². The van der Waals surface area contributed by atoms with Crippen molar-refractivity contribution in [1.29, 1.82) is 0 Å². The SMILES string of the molecule is C=CCCCCCCCCC(=O)O.CCC[CH2][Sn](=[O])[CH2]CCC.OCC(CO)(CO)CO. The molecule has 0 radical (unpaired) electrons. The molecule has 0 atom stereocenters. The first-order valence-corrected chi connectivity index (χ1v) is 17.3. The zero-order chi connectivity index (χ0) is 25.1. The third-order valence-electron chi connectivity index (χ3n) is 5.01. The van der Waals surface area contributed by atoms with Crippen molar-refractivity contribution < 1.29 is 33.4 Å². The molecule has 0 saturated heterocycles. The summed E-state index contributed by atoms with van der Waals surface area (Å²) in [6.07, 6.45) is 14.9. The third kappa shape index (κ3) is 27.7. The van der Waals surface area contributed by atoms with Gasteiger partial charge in [0.05, 0.1) is 31.8 Å². The Kier molecular flexibility index (Phi) is 32.5. The van der Waals surface area contributed by atoms with Gasteiger partial charge in [-0.25, -0.2) is 0 Å². The molecule has 8 heteroatoms. The quantitative estimate of drug-likeness (QED) is 0.0888. The average molecular weight is 569 g/mol. The molecular formula is C24H50O7Sn. The van der Waals surface area contributed by atoms with E-state index < -0.39 is 57.6 Å². The number of unbranched alkanes of at least 4 members (excludes halogenated alkanes) is 8. The average Bonchev–Trinajstić information content (AvgIpc) is 2.80. The van der Waals surface area contributed by atoms with E-state index in [2.05, 4.69) is 20.4 Å². The van der Waals surface area contributed by atoms with Crippen molar-refractivity contribution in [2.24, 2.45) is 5.41 Å². The fraction of sp³-hybridized carbons (Fsp3) is 0.875. The number of carboxylic acid groups (broad SMARTS) is 1. The van der Waals surface area contributed by atoms with E-state index >= 15 is 0 Å². The van der Waals surface area contributed by atoms with Crippen molar-refractivity contribution in [3.63, 3.8) is 0 Å². The van der Waals surface area contributed by atoms with Crippen LogP contribution in [-0.2, 0) is 7.87 Å². The van der Waals surface area contributed by atoms with Crippen molar-refractivity contribution >= 4 is 25.7 Å². The van der Waals surface area contributed by atoms with E-state index in [4.69, 9.17) is 25.5 Å². The molecule has 0 amide bonds. The van der Waals surface area contributed by atoms with Gasteiger partial charge in [-0.05, 0) is 19.3 Å². The van der Waals surface area contributed by atoms with Gasteiger partial charge >= 0.3 is 77.2 Å². The molecule has 0 aromatic heterocycles. The maximum atomic E-state index is 11.2. The zero-order valence-electron chi connectivity index (χ0n) is 20.6. The van der Waals surface area contributed by atoms with Gasteiger partial charge in [-0.15, -0.1) is 6.58 Å². The number of carbonyl (C=O) groups is 1. The van der Waals surface area contributed by atoms with E-state index in [9.17, 15) is 7.87 Å². The molecule has 0 spiro atoms. The Balaban J connectivity index is -0.000000403. The Bertz CT molecular complexity index is 399. The Morgan fingerprint density at radius 2 is 1.19 bits per heavy atom. The molecule has 0 heterocycles. The van der Waals surface area contributed by atoms with E-state index in [1.54, 1.807) is 0 Å². The summed E-state index contributed by atoms with van der Waals surface area (Å²) in [5.41, 5.74) is -1.11. The molecular weight excluding hydrogens is 519 g/mol. The van der Waals surface area contributed by atoms with Crippen LogP contribution in [0.15, 0.2) is 12.7 Å². The Labute approximate surface area is 203 Å². The molecule has 0 rings (SSSR count). The summed E-state index contributed by atoms with van der Waals surface area (Å²) in [6, 6.07) is 0. The van der Waals surface area contributed by atoms with E-state index in [-0.39, 0.29) is 0 Å². The van der Waals surface area contributed by atoms with Crippen LogP contribution in [0.25, 0.3) is 0 Å². The molecule has 0 fully saturated rings. The Morgan fingerprint density at radius 3 is 1.50 bits per heavy atom. The van der Waals surface area contributed by atoms with Crippen molar-refractivity contribution in [2.75, 3.05) is 26.4 Å². The van der Waals surface area contributed by atoms with E-state index in [0.29, 0.717) is 6.42 Å². The van der Waals surface area contributed by atoms with Crippen molar-refractivity contribution in [3.05, 3.63) is 12.7 Å². The predicted octanol–water partition coefficient (Wildman–Crippen LogP) is 4.33. The number of carboxylic acids is 1. The monoisotopic (exact) mass is 570 g/mol. The topological polar surface area (TPSA) is 135 Å². The smallest absolute Gasteiger partial charge is 0.0627 e. The molecule has 0 aliphatic carbocycles. The van der Waals surface area contributed by atoms with Gasteiger partial charge in [0, 0.05) is 6.42 Å². The van der Waals surface area contributed by atoms with Crippen LogP contribution in [-0.4, -0.2) is 77.7 Å². The second kappa shape index (κ2) is 28.7. The van der Waals surface area contributed by atoms with Gasteiger partial charge in [0.1, 0.15) is 0 Å². The first-order chi connectivity index (χ1) is 15.3. The maximum absolute atomic E-state index is 11.2. The summed E-state index contributed by atoms with van der Waals surface area (Å²) in [7, 11) is 0. The second-order valence-corrected chi connectivity index (χ2v) is 14.1. The van der Waals surface area contributed by atoms with Crippen molar-refractivity contribution in [1.82, 2.24) is 0 Å².